The summed E-state index contributed by atoms with van der Waals surface area (Å²) in [6, 6.07) is 5.69. The molecule has 2 aromatic rings. The van der Waals surface area contributed by atoms with Crippen molar-refractivity contribution in [3.05, 3.63) is 35.0 Å². The Hall–Kier alpha value is -1.48. The van der Waals surface area contributed by atoms with E-state index in [1.165, 1.54) is 4.57 Å². The number of aromatic nitrogens is 1. The lowest BCUT2D eigenvalue weighted by molar-refractivity contribution is 0.0544. The van der Waals surface area contributed by atoms with Crippen LogP contribution in [0.1, 0.15) is 26.3 Å². The zero-order chi connectivity index (χ0) is 13.5. The Morgan fingerprint density at radius 1 is 1.33 bits per heavy atom. The Morgan fingerprint density at radius 3 is 2.61 bits per heavy atom. The van der Waals surface area contributed by atoms with Crippen LogP contribution in [0.25, 0.3) is 10.9 Å². The number of fused-ring (bicyclic) bond motifs is 1. The van der Waals surface area contributed by atoms with Crippen molar-refractivity contribution in [2.24, 2.45) is 0 Å². The van der Waals surface area contributed by atoms with Crippen molar-refractivity contribution in [1.82, 2.24) is 4.57 Å². The average Bonchev–Trinajstić information content (AvgIpc) is 2.58. The Kier molecular flexibility index (Phi) is 3.11. The van der Waals surface area contributed by atoms with Gasteiger partial charge in [-0.1, -0.05) is 11.6 Å². The maximum atomic E-state index is 12.1. The zero-order valence-corrected chi connectivity index (χ0v) is 11.7. The van der Waals surface area contributed by atoms with Crippen molar-refractivity contribution in [1.29, 1.82) is 0 Å². The van der Waals surface area contributed by atoms with E-state index in [9.17, 15) is 4.79 Å². The molecule has 3 nitrogen and oxygen atoms in total. The van der Waals surface area contributed by atoms with E-state index >= 15 is 0 Å². The second kappa shape index (κ2) is 4.32. The van der Waals surface area contributed by atoms with Crippen molar-refractivity contribution < 1.29 is 9.53 Å². The third-order valence-corrected chi connectivity index (χ3v) is 2.76. The molecule has 96 valence electrons. The first-order valence-corrected chi connectivity index (χ1v) is 6.16. The Balaban J connectivity index is 2.50. The van der Waals surface area contributed by atoms with E-state index in [1.807, 2.05) is 45.9 Å². The molecular weight excluding hydrogens is 250 g/mol. The lowest BCUT2D eigenvalue weighted by atomic mass is 10.2. The van der Waals surface area contributed by atoms with Crippen molar-refractivity contribution in [2.45, 2.75) is 33.3 Å². The molecule has 0 unspecified atom stereocenters. The fourth-order valence-corrected chi connectivity index (χ4v) is 2.21. The van der Waals surface area contributed by atoms with Crippen LogP contribution >= 0.6 is 11.6 Å². The third-order valence-electron chi connectivity index (χ3n) is 2.47. The van der Waals surface area contributed by atoms with Crippen LogP contribution in [0.4, 0.5) is 4.79 Å². The van der Waals surface area contributed by atoms with Gasteiger partial charge in [0.2, 0.25) is 0 Å². The first kappa shape index (κ1) is 13.0. The van der Waals surface area contributed by atoms with Crippen molar-refractivity contribution >= 4 is 28.6 Å². The smallest absolute Gasteiger partial charge is 0.419 e. The summed E-state index contributed by atoms with van der Waals surface area (Å²) < 4.78 is 6.79. The predicted molar refractivity (Wildman–Crippen MR) is 73.3 cm³/mol. The number of nitrogens with zero attached hydrogens (tertiary/aromatic N) is 1. The Morgan fingerprint density at radius 2 is 2.00 bits per heavy atom. The van der Waals surface area contributed by atoms with E-state index < -0.39 is 11.7 Å². The maximum absolute atomic E-state index is 12.1. The minimum absolute atomic E-state index is 0.414. The standard InChI is InChI=1S/C14H16ClNO2/c1-9-7-10-5-6-16(12(10)11(15)8-9)13(17)18-14(2,3)4/h5-8H,1-4H3. The highest BCUT2D eigenvalue weighted by Crippen LogP contribution is 2.27. The van der Waals surface area contributed by atoms with Crippen molar-refractivity contribution in [2.75, 3.05) is 0 Å². The molecule has 1 heterocycles. The predicted octanol–water partition coefficient (Wildman–Crippen LogP) is 4.39. The third kappa shape index (κ3) is 2.51. The molecule has 0 radical (unpaired) electrons. The zero-order valence-electron chi connectivity index (χ0n) is 11.0. The summed E-state index contributed by atoms with van der Waals surface area (Å²) in [6.45, 7) is 7.48. The van der Waals surface area contributed by atoms with Crippen molar-refractivity contribution in [3.8, 4) is 0 Å². The number of ether oxygens (including phenoxy) is 1. The minimum Gasteiger partial charge on any atom is -0.443 e. The second-order valence-corrected chi connectivity index (χ2v) is 5.76. The topological polar surface area (TPSA) is 31.2 Å². The van der Waals surface area contributed by atoms with Gasteiger partial charge in [0.05, 0.1) is 10.5 Å². The molecule has 2 rings (SSSR count). The molecule has 0 aliphatic carbocycles. The number of rotatable bonds is 0. The highest BCUT2D eigenvalue weighted by molar-refractivity contribution is 6.35. The van der Waals surface area contributed by atoms with Gasteiger partial charge in [0.15, 0.2) is 0 Å². The number of aryl methyl sites for hydroxylation is 1. The van der Waals surface area contributed by atoms with Crippen LogP contribution in [0.3, 0.4) is 0 Å². The van der Waals surface area contributed by atoms with E-state index in [0.717, 1.165) is 10.9 Å². The molecule has 0 saturated heterocycles. The van der Waals surface area contributed by atoms with Gasteiger partial charge < -0.3 is 4.74 Å². The summed E-state index contributed by atoms with van der Waals surface area (Å²) in [4.78, 5) is 12.1. The van der Waals surface area contributed by atoms with Gasteiger partial charge >= 0.3 is 6.09 Å². The molecule has 0 saturated carbocycles. The summed E-state index contributed by atoms with van der Waals surface area (Å²) >= 11 is 6.20. The maximum Gasteiger partial charge on any atom is 0.419 e. The second-order valence-electron chi connectivity index (χ2n) is 5.35. The quantitative estimate of drug-likeness (QED) is 0.707. The molecular formula is C14H16ClNO2. The molecule has 0 bridgehead atoms. The fraction of sp³-hybridized carbons (Fsp3) is 0.357. The molecule has 0 aliphatic rings. The van der Waals surface area contributed by atoms with Gasteiger partial charge in [-0.3, -0.25) is 4.57 Å². The highest BCUT2D eigenvalue weighted by Gasteiger charge is 2.19. The van der Waals surface area contributed by atoms with E-state index in [2.05, 4.69) is 0 Å². The Labute approximate surface area is 111 Å². The molecule has 0 aliphatic heterocycles. The van der Waals surface area contributed by atoms with Gasteiger partial charge in [0, 0.05) is 11.6 Å². The van der Waals surface area contributed by atoms with Crippen LogP contribution in [0, 0.1) is 6.92 Å². The molecule has 0 fully saturated rings. The van der Waals surface area contributed by atoms with E-state index in [-0.39, 0.29) is 0 Å². The summed E-state index contributed by atoms with van der Waals surface area (Å²) in [5.74, 6) is 0. The number of carbonyl (C=O) groups excluding carboxylic acids is 1. The van der Waals surface area contributed by atoms with E-state index in [4.69, 9.17) is 16.3 Å². The number of halogens is 1. The normalized spacial score (nSPS) is 11.8. The van der Waals surface area contributed by atoms with Crippen LogP contribution in [-0.2, 0) is 4.74 Å². The molecule has 0 N–H and O–H groups in total. The molecule has 4 heteroatoms. The van der Waals surface area contributed by atoms with Gasteiger partial charge in [0.25, 0.3) is 0 Å². The van der Waals surface area contributed by atoms with Crippen LogP contribution in [0.5, 0.6) is 0 Å². The summed E-state index contributed by atoms with van der Waals surface area (Å²) in [7, 11) is 0. The molecule has 1 aromatic carbocycles. The first-order chi connectivity index (χ1) is 8.28. The number of hydrogen-bond donors (Lipinski definition) is 0. The van der Waals surface area contributed by atoms with Crippen molar-refractivity contribution in [3.63, 3.8) is 0 Å². The summed E-state index contributed by atoms with van der Waals surface area (Å²) in [6.07, 6.45) is 1.27. The van der Waals surface area contributed by atoms with Gasteiger partial charge in [-0.2, -0.15) is 0 Å². The largest absolute Gasteiger partial charge is 0.443 e. The lowest BCUT2D eigenvalue weighted by Gasteiger charge is -2.20. The minimum atomic E-state index is -0.523. The molecule has 0 amide bonds. The summed E-state index contributed by atoms with van der Waals surface area (Å²) in [5.41, 5.74) is 1.23. The molecule has 0 atom stereocenters. The fourth-order valence-electron chi connectivity index (χ4n) is 1.84. The van der Waals surface area contributed by atoms with E-state index in [1.54, 1.807) is 6.20 Å². The van der Waals surface area contributed by atoms with Gasteiger partial charge in [-0.25, -0.2) is 4.79 Å². The van der Waals surface area contributed by atoms with Gasteiger partial charge in [-0.15, -0.1) is 0 Å². The lowest BCUT2D eigenvalue weighted by Crippen LogP contribution is -2.26. The van der Waals surface area contributed by atoms with Crippen LogP contribution in [-0.4, -0.2) is 16.3 Å². The molecule has 0 spiro atoms. The van der Waals surface area contributed by atoms with Crippen LogP contribution in [0.2, 0.25) is 5.02 Å². The first-order valence-electron chi connectivity index (χ1n) is 5.78. The van der Waals surface area contributed by atoms with Crippen LogP contribution in [0.15, 0.2) is 24.4 Å². The number of carbonyl (C=O) groups is 1. The van der Waals surface area contributed by atoms with E-state index in [0.29, 0.717) is 10.5 Å². The highest BCUT2D eigenvalue weighted by atomic mass is 35.5. The number of hydrogen-bond acceptors (Lipinski definition) is 2. The summed E-state index contributed by atoms with van der Waals surface area (Å²) in [5, 5.41) is 1.49. The SMILES string of the molecule is Cc1cc(Cl)c2c(ccn2C(=O)OC(C)(C)C)c1. The molecule has 18 heavy (non-hydrogen) atoms. The van der Waals surface area contributed by atoms with Gasteiger partial charge in [-0.05, 0) is 51.5 Å². The number of benzene rings is 1. The van der Waals surface area contributed by atoms with Crippen LogP contribution < -0.4 is 0 Å². The van der Waals surface area contributed by atoms with Gasteiger partial charge in [0.1, 0.15) is 5.60 Å². The monoisotopic (exact) mass is 265 g/mol. The molecule has 1 aromatic heterocycles. The Bertz CT molecular complexity index is 608. The average molecular weight is 266 g/mol.